The minimum Gasteiger partial charge on any atom is -0.378 e. The number of hydrogen-bond donors (Lipinski definition) is 1. The van der Waals surface area contributed by atoms with E-state index in [9.17, 15) is 8.78 Å². The Morgan fingerprint density at radius 3 is 2.35 bits per heavy atom. The molecule has 0 spiro atoms. The number of thioether (sulfide) groups is 1. The summed E-state index contributed by atoms with van der Waals surface area (Å²) in [7, 11) is 0. The van der Waals surface area contributed by atoms with Crippen molar-refractivity contribution in [3.8, 4) is 0 Å². The van der Waals surface area contributed by atoms with Gasteiger partial charge < -0.3 is 5.32 Å². The summed E-state index contributed by atoms with van der Waals surface area (Å²) in [6.45, 7) is 1.98. The van der Waals surface area contributed by atoms with Crippen molar-refractivity contribution in [1.29, 1.82) is 0 Å². The number of anilines is 1. The summed E-state index contributed by atoms with van der Waals surface area (Å²) in [4.78, 5) is 0.545. The highest BCUT2D eigenvalue weighted by Gasteiger charge is 2.12. The van der Waals surface area contributed by atoms with Gasteiger partial charge in [-0.3, -0.25) is 0 Å². The molecule has 0 aromatic heterocycles. The molecule has 1 atom stereocenters. The van der Waals surface area contributed by atoms with E-state index < -0.39 is 5.76 Å². The van der Waals surface area contributed by atoms with E-state index in [1.807, 2.05) is 37.3 Å². The number of para-hydroxylation sites is 1. The lowest BCUT2D eigenvalue weighted by Crippen LogP contribution is -2.07. The monoisotopic (exact) mass is 313 g/mol. The Labute approximate surface area is 126 Å². The molecule has 0 bridgehead atoms. The van der Waals surface area contributed by atoms with Crippen LogP contribution in [0.2, 0.25) is 5.02 Å². The van der Waals surface area contributed by atoms with Crippen molar-refractivity contribution in [3.05, 3.63) is 59.1 Å². The maximum Gasteiger partial charge on any atom is 0.288 e. The smallest absolute Gasteiger partial charge is 0.288 e. The Morgan fingerprint density at radius 1 is 1.05 bits per heavy atom. The fourth-order valence-corrected chi connectivity index (χ4v) is 2.58. The molecule has 20 heavy (non-hydrogen) atoms. The Bertz CT molecular complexity index is 560. The molecule has 0 radical (unpaired) electrons. The summed E-state index contributed by atoms with van der Waals surface area (Å²) >= 11 is 6.40. The van der Waals surface area contributed by atoms with Gasteiger partial charge in [-0.15, -0.1) is 0 Å². The van der Waals surface area contributed by atoms with Crippen LogP contribution in [0.1, 0.15) is 18.5 Å². The average molecular weight is 314 g/mol. The predicted octanol–water partition coefficient (Wildman–Crippen LogP) is 5.83. The quantitative estimate of drug-likeness (QED) is 0.697. The number of hydrogen-bond acceptors (Lipinski definition) is 2. The molecule has 1 nitrogen and oxygen atoms in total. The molecule has 0 aliphatic rings. The molecule has 0 saturated heterocycles. The van der Waals surface area contributed by atoms with Crippen LogP contribution in [0.15, 0.2) is 53.4 Å². The van der Waals surface area contributed by atoms with Gasteiger partial charge in [0.1, 0.15) is 0 Å². The van der Waals surface area contributed by atoms with Crippen LogP contribution in [0.25, 0.3) is 0 Å². The van der Waals surface area contributed by atoms with E-state index in [-0.39, 0.29) is 6.04 Å². The van der Waals surface area contributed by atoms with Crippen molar-refractivity contribution >= 4 is 29.1 Å². The van der Waals surface area contributed by atoms with Gasteiger partial charge >= 0.3 is 0 Å². The molecule has 5 heteroatoms. The average Bonchev–Trinajstić information content (AvgIpc) is 2.41. The second-order valence-corrected chi connectivity index (χ2v) is 5.76. The molecule has 2 rings (SSSR count). The largest absolute Gasteiger partial charge is 0.378 e. The van der Waals surface area contributed by atoms with Crippen LogP contribution in [0.4, 0.5) is 14.5 Å². The zero-order valence-corrected chi connectivity index (χ0v) is 12.4. The van der Waals surface area contributed by atoms with Gasteiger partial charge in [0.05, 0.1) is 0 Å². The molecule has 0 aliphatic carbocycles. The van der Waals surface area contributed by atoms with Gasteiger partial charge in [0.25, 0.3) is 5.76 Å². The predicted molar refractivity (Wildman–Crippen MR) is 81.8 cm³/mol. The van der Waals surface area contributed by atoms with E-state index in [1.54, 1.807) is 18.2 Å². The number of rotatable bonds is 5. The first-order valence-electron chi connectivity index (χ1n) is 6.12. The fraction of sp³-hybridized carbons (Fsp3) is 0.200. The lowest BCUT2D eigenvalue weighted by Gasteiger charge is -2.18. The van der Waals surface area contributed by atoms with Crippen LogP contribution in [0.3, 0.4) is 0 Å². The van der Waals surface area contributed by atoms with Gasteiger partial charge in [0, 0.05) is 21.6 Å². The fourth-order valence-electron chi connectivity index (χ4n) is 1.85. The summed E-state index contributed by atoms with van der Waals surface area (Å²) in [5.41, 5.74) is 1.76. The van der Waals surface area contributed by atoms with Crippen molar-refractivity contribution in [2.24, 2.45) is 0 Å². The first kappa shape index (κ1) is 15.1. The molecule has 0 aliphatic heterocycles. The van der Waals surface area contributed by atoms with Crippen LogP contribution < -0.4 is 5.32 Å². The van der Waals surface area contributed by atoms with E-state index in [2.05, 4.69) is 5.32 Å². The second kappa shape index (κ2) is 6.95. The zero-order chi connectivity index (χ0) is 14.5. The number of nitrogens with one attached hydrogen (secondary N) is 1. The maximum absolute atomic E-state index is 12.5. The first-order chi connectivity index (χ1) is 9.56. The minimum atomic E-state index is -2.43. The third-order valence-corrected chi connectivity index (χ3v) is 3.89. The van der Waals surface area contributed by atoms with Gasteiger partial charge in [-0.2, -0.15) is 8.78 Å². The van der Waals surface area contributed by atoms with Crippen molar-refractivity contribution in [2.75, 3.05) is 5.32 Å². The summed E-state index contributed by atoms with van der Waals surface area (Å²) < 4.78 is 25.1. The SMILES string of the molecule is CC(Nc1ccccc1SC(F)F)c1ccc(Cl)cc1. The van der Waals surface area contributed by atoms with Crippen LogP contribution in [0, 0.1) is 0 Å². The molecule has 0 fully saturated rings. The second-order valence-electron chi connectivity index (χ2n) is 4.29. The Hall–Kier alpha value is -1.26. The number of alkyl halides is 2. The first-order valence-corrected chi connectivity index (χ1v) is 7.38. The maximum atomic E-state index is 12.5. The molecule has 1 unspecified atom stereocenters. The molecular formula is C15H14ClF2NS. The lowest BCUT2D eigenvalue weighted by atomic mass is 10.1. The lowest BCUT2D eigenvalue weighted by molar-refractivity contribution is 0.252. The van der Waals surface area contributed by atoms with Crippen LogP contribution in [-0.2, 0) is 0 Å². The molecule has 106 valence electrons. The molecule has 0 saturated carbocycles. The van der Waals surface area contributed by atoms with E-state index in [4.69, 9.17) is 11.6 Å². The molecule has 2 aromatic carbocycles. The van der Waals surface area contributed by atoms with Gasteiger partial charge in [-0.05, 0) is 36.8 Å². The standard InChI is InChI=1S/C15H14ClF2NS/c1-10(11-6-8-12(16)9-7-11)19-13-4-2-3-5-14(13)20-15(17)18/h2-10,15,19H,1H3. The van der Waals surface area contributed by atoms with E-state index in [0.29, 0.717) is 27.4 Å². The van der Waals surface area contributed by atoms with Crippen molar-refractivity contribution in [3.63, 3.8) is 0 Å². The van der Waals surface area contributed by atoms with Crippen LogP contribution in [-0.4, -0.2) is 5.76 Å². The topological polar surface area (TPSA) is 12.0 Å². The highest BCUT2D eigenvalue weighted by Crippen LogP contribution is 2.33. The highest BCUT2D eigenvalue weighted by atomic mass is 35.5. The number of halogens is 3. The van der Waals surface area contributed by atoms with Crippen molar-refractivity contribution in [2.45, 2.75) is 23.6 Å². The van der Waals surface area contributed by atoms with Crippen molar-refractivity contribution < 1.29 is 8.78 Å². The zero-order valence-electron chi connectivity index (χ0n) is 10.8. The summed E-state index contributed by atoms with van der Waals surface area (Å²) in [5, 5.41) is 3.93. The van der Waals surface area contributed by atoms with Crippen LogP contribution in [0.5, 0.6) is 0 Å². The van der Waals surface area contributed by atoms with E-state index >= 15 is 0 Å². The summed E-state index contributed by atoms with van der Waals surface area (Å²) in [6, 6.07) is 14.5. The Balaban J connectivity index is 2.15. The minimum absolute atomic E-state index is 0.00619. The molecule has 0 amide bonds. The van der Waals surface area contributed by atoms with Crippen LogP contribution >= 0.6 is 23.4 Å². The third kappa shape index (κ3) is 4.12. The van der Waals surface area contributed by atoms with Gasteiger partial charge in [-0.25, -0.2) is 0 Å². The highest BCUT2D eigenvalue weighted by molar-refractivity contribution is 7.99. The van der Waals surface area contributed by atoms with Gasteiger partial charge in [0.2, 0.25) is 0 Å². The van der Waals surface area contributed by atoms with E-state index in [1.165, 1.54) is 0 Å². The molecule has 2 aromatic rings. The molecular weight excluding hydrogens is 300 g/mol. The summed E-state index contributed by atoms with van der Waals surface area (Å²) in [6.07, 6.45) is 0. The van der Waals surface area contributed by atoms with Gasteiger partial charge in [0.15, 0.2) is 0 Å². The van der Waals surface area contributed by atoms with E-state index in [0.717, 1.165) is 5.56 Å². The molecule has 0 heterocycles. The Morgan fingerprint density at radius 2 is 1.70 bits per heavy atom. The summed E-state index contributed by atoms with van der Waals surface area (Å²) in [5.74, 6) is -2.43. The number of benzene rings is 2. The normalized spacial score (nSPS) is 12.4. The van der Waals surface area contributed by atoms with Gasteiger partial charge in [-0.1, -0.05) is 47.6 Å². The van der Waals surface area contributed by atoms with Crippen molar-refractivity contribution in [1.82, 2.24) is 0 Å². The molecule has 1 N–H and O–H groups in total. The third-order valence-electron chi connectivity index (χ3n) is 2.85. The Kier molecular flexibility index (Phi) is 5.26.